The van der Waals surface area contributed by atoms with E-state index in [-0.39, 0.29) is 16.7 Å². The first-order chi connectivity index (χ1) is 11.3. The van der Waals surface area contributed by atoms with E-state index in [4.69, 9.17) is 0 Å². The van der Waals surface area contributed by atoms with E-state index < -0.39 is 5.97 Å². The standard InChI is InChI=1S/C19H24N2O3/c1-18(2)14-9-10-19(18,3)15(11-14)20-21-16(22)12-5-7-13(8-6-12)17(23)24-4/h5-8,14H,9-11H2,1-4H3,(H,21,22)/b20-15-/t14-,19+/m0/s1. The molecule has 2 atom stereocenters. The maximum absolute atomic E-state index is 12.3. The number of hydrogen-bond donors (Lipinski definition) is 1. The topological polar surface area (TPSA) is 67.8 Å². The van der Waals surface area contributed by atoms with Gasteiger partial charge >= 0.3 is 5.97 Å². The molecule has 2 aliphatic rings. The third-order valence-corrected chi connectivity index (χ3v) is 6.37. The first-order valence-corrected chi connectivity index (χ1v) is 8.35. The van der Waals surface area contributed by atoms with E-state index in [1.165, 1.54) is 13.5 Å². The van der Waals surface area contributed by atoms with Crippen molar-refractivity contribution < 1.29 is 14.3 Å². The highest BCUT2D eigenvalue weighted by Crippen LogP contribution is 2.63. The number of esters is 1. The smallest absolute Gasteiger partial charge is 0.337 e. The van der Waals surface area contributed by atoms with Crippen LogP contribution < -0.4 is 5.43 Å². The van der Waals surface area contributed by atoms with Crippen LogP contribution in [0.3, 0.4) is 0 Å². The molecule has 0 heterocycles. The molecule has 2 fully saturated rings. The number of benzene rings is 1. The normalized spacial score (nSPS) is 28.8. The van der Waals surface area contributed by atoms with E-state index in [0.717, 1.165) is 18.6 Å². The van der Waals surface area contributed by atoms with Crippen LogP contribution in [0.4, 0.5) is 0 Å². The fraction of sp³-hybridized carbons (Fsp3) is 0.526. The molecule has 5 nitrogen and oxygen atoms in total. The minimum atomic E-state index is -0.417. The lowest BCUT2D eigenvalue weighted by Gasteiger charge is -2.34. The van der Waals surface area contributed by atoms with Crippen LogP contribution in [0, 0.1) is 16.7 Å². The zero-order valence-electron chi connectivity index (χ0n) is 14.7. The van der Waals surface area contributed by atoms with Crippen molar-refractivity contribution >= 4 is 17.6 Å². The van der Waals surface area contributed by atoms with Crippen molar-refractivity contribution in [2.45, 2.75) is 40.0 Å². The lowest BCUT2D eigenvalue weighted by Crippen LogP contribution is -2.34. The summed E-state index contributed by atoms with van der Waals surface area (Å²) in [5, 5.41) is 4.45. The summed E-state index contributed by atoms with van der Waals surface area (Å²) in [7, 11) is 1.33. The predicted molar refractivity (Wildman–Crippen MR) is 91.9 cm³/mol. The molecule has 0 spiro atoms. The number of amides is 1. The van der Waals surface area contributed by atoms with Crippen LogP contribution in [0.1, 0.15) is 60.7 Å². The van der Waals surface area contributed by atoms with Gasteiger partial charge in [-0.15, -0.1) is 0 Å². The monoisotopic (exact) mass is 328 g/mol. The van der Waals surface area contributed by atoms with Crippen LogP contribution in [0.15, 0.2) is 29.4 Å². The van der Waals surface area contributed by atoms with Crippen LogP contribution in [-0.2, 0) is 4.74 Å². The van der Waals surface area contributed by atoms with Crippen LogP contribution in [-0.4, -0.2) is 24.7 Å². The quantitative estimate of drug-likeness (QED) is 0.683. The van der Waals surface area contributed by atoms with Crippen molar-refractivity contribution in [1.29, 1.82) is 0 Å². The molecule has 1 amide bonds. The van der Waals surface area contributed by atoms with Crippen molar-refractivity contribution in [2.75, 3.05) is 7.11 Å². The molecule has 5 heteroatoms. The van der Waals surface area contributed by atoms with Gasteiger partial charge in [-0.05, 0) is 54.9 Å². The number of carbonyl (C=O) groups excluding carboxylic acids is 2. The van der Waals surface area contributed by atoms with Crippen LogP contribution in [0.2, 0.25) is 0 Å². The molecule has 1 aromatic carbocycles. The Morgan fingerprint density at radius 2 is 1.79 bits per heavy atom. The number of methoxy groups -OCH3 is 1. The molecular formula is C19H24N2O3. The highest BCUT2D eigenvalue weighted by Gasteiger charge is 2.60. The van der Waals surface area contributed by atoms with E-state index in [2.05, 4.69) is 36.0 Å². The number of nitrogens with zero attached hydrogens (tertiary/aromatic N) is 1. The van der Waals surface area contributed by atoms with Crippen LogP contribution in [0.5, 0.6) is 0 Å². The Balaban J connectivity index is 1.71. The van der Waals surface area contributed by atoms with E-state index in [9.17, 15) is 9.59 Å². The van der Waals surface area contributed by atoms with E-state index >= 15 is 0 Å². The Bertz CT molecular complexity index is 706. The van der Waals surface area contributed by atoms with Gasteiger partial charge in [-0.1, -0.05) is 20.8 Å². The maximum atomic E-state index is 12.3. The Morgan fingerprint density at radius 1 is 1.17 bits per heavy atom. The summed E-state index contributed by atoms with van der Waals surface area (Å²) < 4.78 is 4.65. The number of carbonyl (C=O) groups is 2. The van der Waals surface area contributed by atoms with Crippen molar-refractivity contribution in [1.82, 2.24) is 5.43 Å². The second-order valence-corrected chi connectivity index (χ2v) is 7.56. The summed E-state index contributed by atoms with van der Waals surface area (Å²) in [5.74, 6) is -0.0278. The van der Waals surface area contributed by atoms with Gasteiger partial charge in [0.2, 0.25) is 0 Å². The molecule has 0 aliphatic heterocycles. The van der Waals surface area contributed by atoms with Gasteiger partial charge in [0.25, 0.3) is 5.91 Å². The Kier molecular flexibility index (Phi) is 3.98. The number of fused-ring (bicyclic) bond motifs is 2. The van der Waals surface area contributed by atoms with E-state index in [1.807, 2.05) is 0 Å². The minimum Gasteiger partial charge on any atom is -0.465 e. The van der Waals surface area contributed by atoms with Crippen molar-refractivity contribution in [3.05, 3.63) is 35.4 Å². The third-order valence-electron chi connectivity index (χ3n) is 6.37. The summed E-state index contributed by atoms with van der Waals surface area (Å²) >= 11 is 0. The van der Waals surface area contributed by atoms with Gasteiger partial charge in [-0.3, -0.25) is 4.79 Å². The minimum absolute atomic E-state index is 0.0691. The van der Waals surface area contributed by atoms with Gasteiger partial charge in [0.05, 0.1) is 12.7 Å². The summed E-state index contributed by atoms with van der Waals surface area (Å²) in [5.41, 5.74) is 4.98. The van der Waals surface area contributed by atoms with Gasteiger partial charge in [-0.25, -0.2) is 10.2 Å². The fourth-order valence-corrected chi connectivity index (χ4v) is 4.16. The molecule has 0 unspecified atom stereocenters. The lowest BCUT2D eigenvalue weighted by atomic mass is 9.70. The molecule has 1 aromatic rings. The lowest BCUT2D eigenvalue weighted by molar-refractivity contribution is 0.0600. The second-order valence-electron chi connectivity index (χ2n) is 7.56. The van der Waals surface area contributed by atoms with Crippen molar-refractivity contribution in [2.24, 2.45) is 21.8 Å². The molecular weight excluding hydrogens is 304 g/mol. The molecule has 1 N–H and O–H groups in total. The van der Waals surface area contributed by atoms with Gasteiger partial charge in [0.1, 0.15) is 0 Å². The molecule has 3 rings (SSSR count). The van der Waals surface area contributed by atoms with Crippen molar-refractivity contribution in [3.8, 4) is 0 Å². The summed E-state index contributed by atoms with van der Waals surface area (Å²) in [4.78, 5) is 23.7. The Labute approximate surface area is 142 Å². The second kappa shape index (κ2) is 5.72. The fourth-order valence-electron chi connectivity index (χ4n) is 4.16. The molecule has 2 bridgehead atoms. The molecule has 2 saturated carbocycles. The van der Waals surface area contributed by atoms with Crippen molar-refractivity contribution in [3.63, 3.8) is 0 Å². The van der Waals surface area contributed by atoms with Gasteiger partial charge in [0, 0.05) is 16.7 Å². The summed E-state index contributed by atoms with van der Waals surface area (Å²) in [6.07, 6.45) is 3.34. The zero-order chi connectivity index (χ0) is 17.5. The Hall–Kier alpha value is -2.17. The largest absolute Gasteiger partial charge is 0.465 e. The average molecular weight is 328 g/mol. The number of ether oxygens (including phenoxy) is 1. The number of rotatable bonds is 3. The number of hydrogen-bond acceptors (Lipinski definition) is 4. The van der Waals surface area contributed by atoms with Gasteiger partial charge < -0.3 is 4.74 Å². The van der Waals surface area contributed by atoms with Crippen LogP contribution in [0.25, 0.3) is 0 Å². The number of nitrogens with one attached hydrogen (secondary N) is 1. The molecule has 128 valence electrons. The Morgan fingerprint density at radius 3 is 2.29 bits per heavy atom. The summed E-state index contributed by atoms with van der Waals surface area (Å²) in [6, 6.07) is 6.37. The van der Waals surface area contributed by atoms with Crippen LogP contribution >= 0.6 is 0 Å². The summed E-state index contributed by atoms with van der Waals surface area (Å²) in [6.45, 7) is 6.87. The SMILES string of the molecule is COC(=O)c1ccc(C(=O)N/N=C2/C[C@@H]3CC[C@@]2(C)C3(C)C)cc1. The van der Waals surface area contributed by atoms with E-state index in [0.29, 0.717) is 17.0 Å². The predicted octanol–water partition coefficient (Wildman–Crippen LogP) is 3.41. The molecule has 0 saturated heterocycles. The van der Waals surface area contributed by atoms with Gasteiger partial charge in [0.15, 0.2) is 0 Å². The number of hydrazone groups is 1. The zero-order valence-corrected chi connectivity index (χ0v) is 14.7. The van der Waals surface area contributed by atoms with Gasteiger partial charge in [-0.2, -0.15) is 5.10 Å². The molecule has 0 aromatic heterocycles. The highest BCUT2D eigenvalue weighted by atomic mass is 16.5. The molecule has 24 heavy (non-hydrogen) atoms. The van der Waals surface area contributed by atoms with E-state index in [1.54, 1.807) is 24.3 Å². The first kappa shape index (κ1) is 16.7. The maximum Gasteiger partial charge on any atom is 0.337 e. The average Bonchev–Trinajstić information content (AvgIpc) is 2.92. The highest BCUT2D eigenvalue weighted by molar-refractivity contribution is 5.99. The third kappa shape index (κ3) is 2.43. The molecule has 0 radical (unpaired) electrons. The first-order valence-electron chi connectivity index (χ1n) is 8.35. The molecule has 2 aliphatic carbocycles.